The molecule has 1 amide bonds. The number of amides is 1. The molecule has 24 heavy (non-hydrogen) atoms. The number of carbonyl (C=O) groups is 1. The molecule has 0 N–H and O–H groups in total. The molecule has 0 aliphatic carbocycles. The molecule has 2 aromatic rings. The molecule has 0 spiro atoms. The molecule has 0 saturated carbocycles. The van der Waals surface area contributed by atoms with Gasteiger partial charge in [-0.2, -0.15) is 0 Å². The van der Waals surface area contributed by atoms with Crippen LogP contribution in [-0.4, -0.2) is 29.4 Å². The molecule has 4 nitrogen and oxygen atoms in total. The third-order valence-electron chi connectivity index (χ3n) is 3.64. The molecule has 1 aromatic heterocycles. The normalized spacial score (nSPS) is 10.9. The minimum Gasteiger partial charge on any atom is -0.494 e. The van der Waals surface area contributed by atoms with Gasteiger partial charge in [-0.25, -0.2) is 4.98 Å². The van der Waals surface area contributed by atoms with Crippen molar-refractivity contribution in [2.24, 2.45) is 5.92 Å². The maximum atomic E-state index is 12.8. The lowest BCUT2D eigenvalue weighted by molar-refractivity contribution is 0.0788. The van der Waals surface area contributed by atoms with Gasteiger partial charge >= 0.3 is 0 Å². The monoisotopic (exact) mass is 346 g/mol. The van der Waals surface area contributed by atoms with E-state index < -0.39 is 0 Å². The van der Waals surface area contributed by atoms with E-state index in [2.05, 4.69) is 18.8 Å². The van der Waals surface area contributed by atoms with Crippen molar-refractivity contribution in [2.75, 3.05) is 13.7 Å². The number of aromatic nitrogens is 1. The summed E-state index contributed by atoms with van der Waals surface area (Å²) < 4.78 is 5.65. The molecular formula is C19H26N2O2S. The average molecular weight is 346 g/mol. The van der Waals surface area contributed by atoms with Gasteiger partial charge < -0.3 is 9.64 Å². The molecule has 0 saturated heterocycles. The molecule has 0 aliphatic rings. The van der Waals surface area contributed by atoms with Gasteiger partial charge in [0.2, 0.25) is 0 Å². The van der Waals surface area contributed by atoms with Gasteiger partial charge in [0.05, 0.1) is 17.3 Å². The Morgan fingerprint density at radius 2 is 2.04 bits per heavy atom. The maximum Gasteiger partial charge on any atom is 0.265 e. The first-order valence-electron chi connectivity index (χ1n) is 8.34. The molecule has 0 radical (unpaired) electrons. The number of hydrogen-bond acceptors (Lipinski definition) is 4. The first-order chi connectivity index (χ1) is 11.4. The lowest BCUT2D eigenvalue weighted by atomic mass is 10.1. The summed E-state index contributed by atoms with van der Waals surface area (Å²) in [7, 11) is 1.83. The smallest absolute Gasteiger partial charge is 0.265 e. The number of benzene rings is 1. The van der Waals surface area contributed by atoms with Crippen molar-refractivity contribution in [3.05, 3.63) is 45.4 Å². The highest BCUT2D eigenvalue weighted by Gasteiger charge is 2.20. The second-order valence-electron chi connectivity index (χ2n) is 6.32. The Morgan fingerprint density at radius 1 is 1.33 bits per heavy atom. The number of aryl methyl sites for hydroxylation is 1. The number of hydrogen-bond donors (Lipinski definition) is 0. The van der Waals surface area contributed by atoms with Crippen LogP contribution in [0, 0.1) is 12.8 Å². The summed E-state index contributed by atoms with van der Waals surface area (Å²) in [5.74, 6) is 1.39. The fourth-order valence-corrected chi connectivity index (χ4v) is 3.79. The zero-order valence-corrected chi connectivity index (χ0v) is 15.9. The summed E-state index contributed by atoms with van der Waals surface area (Å²) in [5, 5.41) is 1.04. The molecule has 130 valence electrons. The van der Waals surface area contributed by atoms with E-state index in [1.807, 2.05) is 45.2 Å². The Hall–Kier alpha value is -1.88. The van der Waals surface area contributed by atoms with Crippen molar-refractivity contribution in [2.45, 2.75) is 40.7 Å². The van der Waals surface area contributed by atoms with E-state index in [0.29, 0.717) is 19.1 Å². The number of nitrogens with zero attached hydrogens (tertiary/aromatic N) is 2. The van der Waals surface area contributed by atoms with E-state index in [4.69, 9.17) is 4.74 Å². The van der Waals surface area contributed by atoms with Crippen LogP contribution in [0.25, 0.3) is 0 Å². The molecule has 5 heteroatoms. The van der Waals surface area contributed by atoms with Gasteiger partial charge in [0.15, 0.2) is 0 Å². The molecule has 2 rings (SSSR count). The Morgan fingerprint density at radius 3 is 2.71 bits per heavy atom. The topological polar surface area (TPSA) is 42.4 Å². The lowest BCUT2D eigenvalue weighted by Gasteiger charge is -2.18. The van der Waals surface area contributed by atoms with Crippen molar-refractivity contribution in [1.82, 2.24) is 9.88 Å². The quantitative estimate of drug-likeness (QED) is 0.750. The fraction of sp³-hybridized carbons (Fsp3) is 0.474. The van der Waals surface area contributed by atoms with E-state index in [-0.39, 0.29) is 5.91 Å². The predicted octanol–water partition coefficient (Wildman–Crippen LogP) is 4.32. The van der Waals surface area contributed by atoms with Gasteiger partial charge in [-0.05, 0) is 25.8 Å². The zero-order chi connectivity index (χ0) is 17.7. The SMILES string of the molecule is CCOc1ccccc1CN(C)C(=O)c1sc(CC(C)C)nc1C. The van der Waals surface area contributed by atoms with Crippen LogP contribution in [0.15, 0.2) is 24.3 Å². The van der Waals surface area contributed by atoms with Crippen LogP contribution in [0.1, 0.15) is 46.7 Å². The first kappa shape index (κ1) is 18.5. The van der Waals surface area contributed by atoms with Crippen LogP contribution in [0.4, 0.5) is 0 Å². The molecule has 1 aromatic carbocycles. The highest BCUT2D eigenvalue weighted by atomic mass is 32.1. The minimum atomic E-state index is 0.0197. The fourth-order valence-electron chi connectivity index (χ4n) is 2.52. The molecule has 0 aliphatic heterocycles. The van der Waals surface area contributed by atoms with Gasteiger partial charge in [-0.1, -0.05) is 32.0 Å². The number of rotatable bonds is 7. The Kier molecular flexibility index (Phi) is 6.37. The second kappa shape index (κ2) is 8.29. The van der Waals surface area contributed by atoms with Crippen LogP contribution >= 0.6 is 11.3 Å². The molecular weight excluding hydrogens is 320 g/mol. The number of carbonyl (C=O) groups excluding carboxylic acids is 1. The minimum absolute atomic E-state index is 0.0197. The summed E-state index contributed by atoms with van der Waals surface area (Å²) >= 11 is 1.52. The first-order valence-corrected chi connectivity index (χ1v) is 9.16. The summed E-state index contributed by atoms with van der Waals surface area (Å²) in [6.45, 7) is 9.33. The van der Waals surface area contributed by atoms with E-state index in [1.54, 1.807) is 4.90 Å². The van der Waals surface area contributed by atoms with Crippen molar-refractivity contribution in [3.63, 3.8) is 0 Å². The second-order valence-corrected chi connectivity index (χ2v) is 7.41. The highest BCUT2D eigenvalue weighted by molar-refractivity contribution is 7.13. The molecule has 0 unspecified atom stereocenters. The predicted molar refractivity (Wildman–Crippen MR) is 98.8 cm³/mol. The summed E-state index contributed by atoms with van der Waals surface area (Å²) in [6.07, 6.45) is 0.912. The Balaban J connectivity index is 2.14. The van der Waals surface area contributed by atoms with E-state index in [1.165, 1.54) is 11.3 Å². The van der Waals surface area contributed by atoms with Gasteiger partial charge in [-0.15, -0.1) is 11.3 Å². The van der Waals surface area contributed by atoms with Crippen molar-refractivity contribution >= 4 is 17.2 Å². The zero-order valence-electron chi connectivity index (χ0n) is 15.1. The average Bonchev–Trinajstić information content (AvgIpc) is 2.88. The standard InChI is InChI=1S/C19H26N2O2S/c1-6-23-16-10-8-7-9-15(16)12-21(5)19(22)18-14(4)20-17(24-18)11-13(2)3/h7-10,13H,6,11-12H2,1-5H3. The largest absolute Gasteiger partial charge is 0.494 e. The van der Waals surface area contributed by atoms with Crippen molar-refractivity contribution < 1.29 is 9.53 Å². The van der Waals surface area contributed by atoms with Crippen LogP contribution in [-0.2, 0) is 13.0 Å². The van der Waals surface area contributed by atoms with Crippen LogP contribution < -0.4 is 4.74 Å². The van der Waals surface area contributed by atoms with Crippen LogP contribution in [0.2, 0.25) is 0 Å². The van der Waals surface area contributed by atoms with Crippen molar-refractivity contribution in [3.8, 4) is 5.75 Å². The van der Waals surface area contributed by atoms with Gasteiger partial charge in [0.1, 0.15) is 10.6 Å². The van der Waals surface area contributed by atoms with Crippen molar-refractivity contribution in [1.29, 1.82) is 0 Å². The van der Waals surface area contributed by atoms with E-state index in [0.717, 1.165) is 33.3 Å². The van der Waals surface area contributed by atoms with E-state index >= 15 is 0 Å². The molecule has 0 bridgehead atoms. The van der Waals surface area contributed by atoms with Crippen LogP contribution in [0.3, 0.4) is 0 Å². The Bertz CT molecular complexity index is 694. The summed E-state index contributed by atoms with van der Waals surface area (Å²) in [4.78, 5) is 19.8. The van der Waals surface area contributed by atoms with E-state index in [9.17, 15) is 4.79 Å². The lowest BCUT2D eigenvalue weighted by Crippen LogP contribution is -2.26. The molecule has 0 fully saturated rings. The van der Waals surface area contributed by atoms with Gasteiger partial charge in [0, 0.05) is 25.6 Å². The molecule has 0 atom stereocenters. The number of thiazole rings is 1. The Labute approximate surface area is 148 Å². The summed E-state index contributed by atoms with van der Waals surface area (Å²) in [5.41, 5.74) is 1.84. The van der Waals surface area contributed by atoms with Crippen LogP contribution in [0.5, 0.6) is 5.75 Å². The third kappa shape index (κ3) is 4.57. The molecule has 1 heterocycles. The van der Waals surface area contributed by atoms with Gasteiger partial charge in [-0.3, -0.25) is 4.79 Å². The number of para-hydroxylation sites is 1. The highest BCUT2D eigenvalue weighted by Crippen LogP contribution is 2.24. The number of ether oxygens (including phenoxy) is 1. The van der Waals surface area contributed by atoms with Gasteiger partial charge in [0.25, 0.3) is 5.91 Å². The third-order valence-corrected chi connectivity index (χ3v) is 4.81. The maximum absolute atomic E-state index is 12.8. The summed E-state index contributed by atoms with van der Waals surface area (Å²) in [6, 6.07) is 7.85.